The zero-order chi connectivity index (χ0) is 14.7. The van der Waals surface area contributed by atoms with E-state index in [0.717, 1.165) is 30.8 Å². The molecular formula is C16H25N3O. The summed E-state index contributed by atoms with van der Waals surface area (Å²) < 4.78 is 0. The first-order valence-corrected chi connectivity index (χ1v) is 7.27. The van der Waals surface area contributed by atoms with Crippen LogP contribution in [0.4, 0.5) is 5.69 Å². The van der Waals surface area contributed by atoms with Crippen molar-refractivity contribution in [2.45, 2.75) is 19.4 Å². The van der Waals surface area contributed by atoms with Gasteiger partial charge in [-0.1, -0.05) is 6.92 Å². The molecule has 1 fully saturated rings. The normalized spacial score (nSPS) is 22.7. The number of benzene rings is 1. The van der Waals surface area contributed by atoms with E-state index in [1.807, 2.05) is 55.2 Å². The van der Waals surface area contributed by atoms with Gasteiger partial charge in [0.1, 0.15) is 0 Å². The number of anilines is 1. The number of rotatable bonds is 3. The Morgan fingerprint density at radius 2 is 1.95 bits per heavy atom. The Kier molecular flexibility index (Phi) is 4.65. The molecule has 2 atom stereocenters. The molecule has 0 aromatic heterocycles. The first kappa shape index (κ1) is 14.9. The Bertz CT molecular complexity index is 455. The van der Waals surface area contributed by atoms with Crippen molar-refractivity contribution in [2.24, 2.45) is 5.92 Å². The Labute approximate surface area is 121 Å². The van der Waals surface area contributed by atoms with Crippen LogP contribution in [0.1, 0.15) is 23.7 Å². The van der Waals surface area contributed by atoms with Crippen LogP contribution in [0.25, 0.3) is 0 Å². The summed E-state index contributed by atoms with van der Waals surface area (Å²) >= 11 is 0. The van der Waals surface area contributed by atoms with E-state index in [-0.39, 0.29) is 5.91 Å². The van der Waals surface area contributed by atoms with Gasteiger partial charge in [-0.25, -0.2) is 0 Å². The fraction of sp³-hybridized carbons (Fsp3) is 0.562. The van der Waals surface area contributed by atoms with Crippen LogP contribution in [0.5, 0.6) is 0 Å². The van der Waals surface area contributed by atoms with Gasteiger partial charge in [0, 0.05) is 44.5 Å². The summed E-state index contributed by atoms with van der Waals surface area (Å²) in [4.78, 5) is 16.5. The highest BCUT2D eigenvalue weighted by Gasteiger charge is 2.28. The molecule has 4 nitrogen and oxygen atoms in total. The molecule has 1 N–H and O–H groups in total. The van der Waals surface area contributed by atoms with Crippen LogP contribution >= 0.6 is 0 Å². The van der Waals surface area contributed by atoms with Crippen molar-refractivity contribution in [3.05, 3.63) is 29.8 Å². The predicted molar refractivity (Wildman–Crippen MR) is 83.3 cm³/mol. The molecular weight excluding hydrogens is 250 g/mol. The summed E-state index contributed by atoms with van der Waals surface area (Å²) in [6.45, 7) is 3.87. The quantitative estimate of drug-likeness (QED) is 0.914. The second kappa shape index (κ2) is 6.27. The number of hydrogen-bond acceptors (Lipinski definition) is 3. The topological polar surface area (TPSA) is 35.6 Å². The molecule has 1 heterocycles. The molecule has 20 heavy (non-hydrogen) atoms. The summed E-state index contributed by atoms with van der Waals surface area (Å²) in [7, 11) is 6.00. The third-order valence-electron chi connectivity index (χ3n) is 4.19. The van der Waals surface area contributed by atoms with E-state index in [2.05, 4.69) is 12.2 Å². The molecule has 0 aliphatic carbocycles. The van der Waals surface area contributed by atoms with E-state index >= 15 is 0 Å². The maximum absolute atomic E-state index is 12.5. The van der Waals surface area contributed by atoms with Crippen molar-refractivity contribution in [3.8, 4) is 0 Å². The Balaban J connectivity index is 2.04. The highest BCUT2D eigenvalue weighted by Crippen LogP contribution is 2.20. The van der Waals surface area contributed by atoms with Crippen LogP contribution in [0.2, 0.25) is 0 Å². The fourth-order valence-corrected chi connectivity index (χ4v) is 2.84. The molecule has 0 bridgehead atoms. The summed E-state index contributed by atoms with van der Waals surface area (Å²) in [5.41, 5.74) is 1.90. The van der Waals surface area contributed by atoms with Crippen molar-refractivity contribution >= 4 is 11.6 Å². The fourth-order valence-electron chi connectivity index (χ4n) is 2.84. The monoisotopic (exact) mass is 275 g/mol. The minimum atomic E-state index is 0.150. The molecule has 4 heteroatoms. The first-order valence-electron chi connectivity index (χ1n) is 7.27. The molecule has 1 amide bonds. The zero-order valence-electron chi connectivity index (χ0n) is 12.9. The smallest absolute Gasteiger partial charge is 0.253 e. The van der Waals surface area contributed by atoms with Gasteiger partial charge >= 0.3 is 0 Å². The van der Waals surface area contributed by atoms with Gasteiger partial charge in [0.15, 0.2) is 0 Å². The molecule has 1 aromatic rings. The van der Waals surface area contributed by atoms with Gasteiger partial charge in [-0.05, 0) is 43.7 Å². The first-order chi connectivity index (χ1) is 9.52. The number of likely N-dealkylation sites (tertiary alicyclic amines) is 1. The third kappa shape index (κ3) is 3.12. The molecule has 1 aliphatic heterocycles. The predicted octanol–water partition coefficient (Wildman–Crippen LogP) is 1.82. The van der Waals surface area contributed by atoms with Crippen LogP contribution in [0, 0.1) is 5.92 Å². The largest absolute Gasteiger partial charge is 0.378 e. The maximum Gasteiger partial charge on any atom is 0.253 e. The average molecular weight is 275 g/mol. The zero-order valence-corrected chi connectivity index (χ0v) is 12.9. The Morgan fingerprint density at radius 1 is 1.30 bits per heavy atom. The van der Waals surface area contributed by atoms with Gasteiger partial charge in [-0.15, -0.1) is 0 Å². The number of amides is 1. The summed E-state index contributed by atoms with van der Waals surface area (Å²) in [6.07, 6.45) is 1.03. The molecule has 1 saturated heterocycles. The highest BCUT2D eigenvalue weighted by atomic mass is 16.2. The van der Waals surface area contributed by atoms with Crippen LogP contribution in [-0.2, 0) is 0 Å². The number of nitrogens with zero attached hydrogens (tertiary/aromatic N) is 2. The minimum absolute atomic E-state index is 0.150. The third-order valence-corrected chi connectivity index (χ3v) is 4.19. The van der Waals surface area contributed by atoms with Gasteiger partial charge in [0.2, 0.25) is 0 Å². The van der Waals surface area contributed by atoms with Gasteiger partial charge in [0.05, 0.1) is 0 Å². The van der Waals surface area contributed by atoms with Gasteiger partial charge < -0.3 is 15.1 Å². The molecule has 1 aromatic carbocycles. The molecule has 2 unspecified atom stereocenters. The highest BCUT2D eigenvalue weighted by molar-refractivity contribution is 5.94. The lowest BCUT2D eigenvalue weighted by atomic mass is 9.93. The summed E-state index contributed by atoms with van der Waals surface area (Å²) in [5, 5.41) is 3.33. The SMILES string of the molecule is CNC1CCN(C(=O)c2ccc(N(C)C)cc2)CC1C. The standard InChI is InChI=1S/C16H25N3O/c1-12-11-19(10-9-15(12)17-2)16(20)13-5-7-14(8-6-13)18(3)4/h5-8,12,15,17H,9-11H2,1-4H3. The number of carbonyl (C=O) groups excluding carboxylic acids is 1. The number of piperidine rings is 1. The van der Waals surface area contributed by atoms with Crippen molar-refractivity contribution in [2.75, 3.05) is 39.1 Å². The van der Waals surface area contributed by atoms with Crippen molar-refractivity contribution in [1.82, 2.24) is 10.2 Å². The van der Waals surface area contributed by atoms with Crippen LogP contribution in [0.3, 0.4) is 0 Å². The molecule has 2 rings (SSSR count). The number of carbonyl (C=O) groups is 1. The van der Waals surface area contributed by atoms with Crippen molar-refractivity contribution in [3.63, 3.8) is 0 Å². The summed E-state index contributed by atoms with van der Waals surface area (Å²) in [6, 6.07) is 8.36. The van der Waals surface area contributed by atoms with Crippen LogP contribution < -0.4 is 10.2 Å². The lowest BCUT2D eigenvalue weighted by Gasteiger charge is -2.36. The van der Waals surface area contributed by atoms with Crippen LogP contribution in [-0.4, -0.2) is 51.1 Å². The molecule has 1 aliphatic rings. The minimum Gasteiger partial charge on any atom is -0.378 e. The Hall–Kier alpha value is -1.55. The van der Waals surface area contributed by atoms with E-state index in [1.165, 1.54) is 0 Å². The molecule has 0 saturated carbocycles. The summed E-state index contributed by atoms with van der Waals surface area (Å²) in [5.74, 6) is 0.649. The van der Waals surface area contributed by atoms with E-state index in [1.54, 1.807) is 0 Å². The second-order valence-electron chi connectivity index (χ2n) is 5.85. The van der Waals surface area contributed by atoms with E-state index < -0.39 is 0 Å². The van der Waals surface area contributed by atoms with Crippen molar-refractivity contribution in [1.29, 1.82) is 0 Å². The van der Waals surface area contributed by atoms with E-state index in [0.29, 0.717) is 12.0 Å². The average Bonchev–Trinajstić information content (AvgIpc) is 2.46. The number of hydrogen-bond donors (Lipinski definition) is 1. The second-order valence-corrected chi connectivity index (χ2v) is 5.85. The molecule has 110 valence electrons. The van der Waals surface area contributed by atoms with Gasteiger partial charge in [-0.3, -0.25) is 4.79 Å². The number of nitrogens with one attached hydrogen (secondary N) is 1. The van der Waals surface area contributed by atoms with E-state index in [4.69, 9.17) is 0 Å². The lowest BCUT2D eigenvalue weighted by molar-refractivity contribution is 0.0649. The van der Waals surface area contributed by atoms with Gasteiger partial charge in [-0.2, -0.15) is 0 Å². The Morgan fingerprint density at radius 3 is 2.45 bits per heavy atom. The lowest BCUT2D eigenvalue weighted by Crippen LogP contribution is -2.49. The van der Waals surface area contributed by atoms with Gasteiger partial charge in [0.25, 0.3) is 5.91 Å². The molecule has 0 radical (unpaired) electrons. The van der Waals surface area contributed by atoms with Crippen molar-refractivity contribution < 1.29 is 4.79 Å². The van der Waals surface area contributed by atoms with E-state index in [9.17, 15) is 4.79 Å². The van der Waals surface area contributed by atoms with Crippen LogP contribution in [0.15, 0.2) is 24.3 Å². The molecule has 0 spiro atoms. The maximum atomic E-state index is 12.5.